The number of carbonyl (C=O) groups is 2. The van der Waals surface area contributed by atoms with Gasteiger partial charge in [-0.2, -0.15) is 0 Å². The summed E-state index contributed by atoms with van der Waals surface area (Å²) in [6.45, 7) is 4.14. The van der Waals surface area contributed by atoms with Crippen LogP contribution in [0.15, 0.2) is 10.5 Å². The van der Waals surface area contributed by atoms with Gasteiger partial charge in [0.2, 0.25) is 0 Å². The van der Waals surface area contributed by atoms with E-state index in [1.165, 1.54) is 0 Å². The molecule has 0 aliphatic carbocycles. The van der Waals surface area contributed by atoms with E-state index in [1.807, 2.05) is 0 Å². The van der Waals surface area contributed by atoms with E-state index in [9.17, 15) is 9.59 Å². The SMILES string of the molecule is Cc1cc(C(=O)NC2(CC(=O)O)CCOC2)c(C)o1. The van der Waals surface area contributed by atoms with Gasteiger partial charge >= 0.3 is 5.97 Å². The smallest absolute Gasteiger partial charge is 0.305 e. The largest absolute Gasteiger partial charge is 0.481 e. The molecule has 1 aliphatic rings. The molecule has 2 heterocycles. The summed E-state index contributed by atoms with van der Waals surface area (Å²) in [6.07, 6.45) is 0.357. The Morgan fingerprint density at radius 2 is 2.21 bits per heavy atom. The fourth-order valence-electron chi connectivity index (χ4n) is 2.34. The highest BCUT2D eigenvalue weighted by Crippen LogP contribution is 2.24. The maximum Gasteiger partial charge on any atom is 0.305 e. The van der Waals surface area contributed by atoms with Crippen LogP contribution in [0.3, 0.4) is 0 Å². The maximum atomic E-state index is 12.2. The van der Waals surface area contributed by atoms with Crippen LogP contribution in [-0.4, -0.2) is 35.7 Å². The number of carboxylic acids is 1. The van der Waals surface area contributed by atoms with Crippen molar-refractivity contribution in [3.8, 4) is 0 Å². The molecule has 19 heavy (non-hydrogen) atoms. The lowest BCUT2D eigenvalue weighted by atomic mass is 9.94. The molecular formula is C13H17NO5. The summed E-state index contributed by atoms with van der Waals surface area (Å²) in [6, 6.07) is 1.65. The first kappa shape index (κ1) is 13.6. The van der Waals surface area contributed by atoms with Gasteiger partial charge in [0.05, 0.1) is 24.1 Å². The minimum absolute atomic E-state index is 0.144. The zero-order valence-corrected chi connectivity index (χ0v) is 11.0. The van der Waals surface area contributed by atoms with Crippen molar-refractivity contribution in [1.82, 2.24) is 5.32 Å². The molecule has 1 aliphatic heterocycles. The number of amides is 1. The molecule has 2 N–H and O–H groups in total. The number of rotatable bonds is 4. The Morgan fingerprint density at radius 3 is 2.68 bits per heavy atom. The number of hydrogen-bond acceptors (Lipinski definition) is 4. The number of ether oxygens (including phenoxy) is 1. The van der Waals surface area contributed by atoms with Crippen LogP contribution >= 0.6 is 0 Å². The number of aryl methyl sites for hydroxylation is 2. The fraction of sp³-hybridized carbons (Fsp3) is 0.538. The van der Waals surface area contributed by atoms with Crippen LogP contribution in [-0.2, 0) is 9.53 Å². The Bertz CT molecular complexity index is 499. The van der Waals surface area contributed by atoms with Gasteiger partial charge in [0.25, 0.3) is 5.91 Å². The number of carbonyl (C=O) groups excluding carboxylic acids is 1. The van der Waals surface area contributed by atoms with E-state index in [1.54, 1.807) is 19.9 Å². The molecule has 0 bridgehead atoms. The van der Waals surface area contributed by atoms with Gasteiger partial charge in [-0.3, -0.25) is 9.59 Å². The van der Waals surface area contributed by atoms with E-state index < -0.39 is 11.5 Å². The Hall–Kier alpha value is -1.82. The van der Waals surface area contributed by atoms with Gasteiger partial charge in [0.15, 0.2) is 0 Å². The van der Waals surface area contributed by atoms with Crippen LogP contribution in [0.4, 0.5) is 0 Å². The maximum absolute atomic E-state index is 12.2. The Labute approximate surface area is 110 Å². The first-order valence-corrected chi connectivity index (χ1v) is 6.11. The lowest BCUT2D eigenvalue weighted by Crippen LogP contribution is -2.50. The minimum atomic E-state index is -0.953. The van der Waals surface area contributed by atoms with Crippen molar-refractivity contribution in [3.05, 3.63) is 23.2 Å². The van der Waals surface area contributed by atoms with E-state index >= 15 is 0 Å². The lowest BCUT2D eigenvalue weighted by Gasteiger charge is -2.26. The highest BCUT2D eigenvalue weighted by Gasteiger charge is 2.39. The van der Waals surface area contributed by atoms with Crippen molar-refractivity contribution >= 4 is 11.9 Å². The van der Waals surface area contributed by atoms with E-state index in [0.717, 1.165) is 0 Å². The predicted octanol–water partition coefficient (Wildman–Crippen LogP) is 1.26. The van der Waals surface area contributed by atoms with Crippen LogP contribution < -0.4 is 5.32 Å². The summed E-state index contributed by atoms with van der Waals surface area (Å²) in [7, 11) is 0. The predicted molar refractivity (Wildman–Crippen MR) is 66.1 cm³/mol. The summed E-state index contributed by atoms with van der Waals surface area (Å²) in [5.41, 5.74) is -0.380. The highest BCUT2D eigenvalue weighted by molar-refractivity contribution is 5.96. The third-order valence-electron chi connectivity index (χ3n) is 3.26. The molecular weight excluding hydrogens is 250 g/mol. The summed E-state index contributed by atoms with van der Waals surface area (Å²) >= 11 is 0. The molecule has 2 rings (SSSR count). The lowest BCUT2D eigenvalue weighted by molar-refractivity contribution is -0.138. The van der Waals surface area contributed by atoms with Gasteiger partial charge in [0.1, 0.15) is 11.5 Å². The first-order chi connectivity index (χ1) is 8.92. The van der Waals surface area contributed by atoms with Crippen LogP contribution in [0, 0.1) is 13.8 Å². The van der Waals surface area contributed by atoms with Crippen LogP contribution in [0.25, 0.3) is 0 Å². The number of aliphatic carboxylic acids is 1. The van der Waals surface area contributed by atoms with Gasteiger partial charge in [-0.1, -0.05) is 0 Å². The summed E-state index contributed by atoms with van der Waals surface area (Å²) < 4.78 is 10.5. The normalized spacial score (nSPS) is 22.4. The van der Waals surface area contributed by atoms with E-state index in [2.05, 4.69) is 5.32 Å². The van der Waals surface area contributed by atoms with Crippen LogP contribution in [0.5, 0.6) is 0 Å². The molecule has 1 amide bonds. The summed E-state index contributed by atoms with van der Waals surface area (Å²) in [5.74, 6) is -0.0935. The molecule has 0 spiro atoms. The summed E-state index contributed by atoms with van der Waals surface area (Å²) in [5, 5.41) is 11.7. The van der Waals surface area contributed by atoms with Gasteiger partial charge in [-0.25, -0.2) is 0 Å². The van der Waals surface area contributed by atoms with Gasteiger partial charge in [-0.05, 0) is 26.3 Å². The molecule has 6 heteroatoms. The second kappa shape index (κ2) is 5.05. The van der Waals surface area contributed by atoms with E-state index in [4.69, 9.17) is 14.3 Å². The van der Waals surface area contributed by atoms with Crippen molar-refractivity contribution in [2.24, 2.45) is 0 Å². The van der Waals surface area contributed by atoms with Crippen LogP contribution in [0.2, 0.25) is 0 Å². The van der Waals surface area contributed by atoms with E-state index in [0.29, 0.717) is 30.1 Å². The molecule has 1 saturated heterocycles. The van der Waals surface area contributed by atoms with Gasteiger partial charge in [0, 0.05) is 6.61 Å². The second-order valence-electron chi connectivity index (χ2n) is 4.93. The Morgan fingerprint density at radius 1 is 1.47 bits per heavy atom. The molecule has 1 fully saturated rings. The highest BCUT2D eigenvalue weighted by atomic mass is 16.5. The topological polar surface area (TPSA) is 88.8 Å². The van der Waals surface area contributed by atoms with Crippen molar-refractivity contribution in [2.75, 3.05) is 13.2 Å². The molecule has 0 aromatic carbocycles. The van der Waals surface area contributed by atoms with Crippen molar-refractivity contribution < 1.29 is 23.8 Å². The quantitative estimate of drug-likeness (QED) is 0.857. The molecule has 1 aromatic heterocycles. The Kier molecular flexibility index (Phi) is 3.61. The third-order valence-corrected chi connectivity index (χ3v) is 3.26. The van der Waals surface area contributed by atoms with Gasteiger partial charge in [-0.15, -0.1) is 0 Å². The molecule has 0 saturated carbocycles. The van der Waals surface area contributed by atoms with Crippen LogP contribution in [0.1, 0.15) is 34.7 Å². The first-order valence-electron chi connectivity index (χ1n) is 6.11. The third kappa shape index (κ3) is 2.96. The second-order valence-corrected chi connectivity index (χ2v) is 4.93. The van der Waals surface area contributed by atoms with Crippen molar-refractivity contribution in [1.29, 1.82) is 0 Å². The van der Waals surface area contributed by atoms with Crippen molar-refractivity contribution in [3.63, 3.8) is 0 Å². The zero-order valence-electron chi connectivity index (χ0n) is 11.0. The molecule has 104 valence electrons. The molecule has 0 radical (unpaired) electrons. The van der Waals surface area contributed by atoms with Crippen molar-refractivity contribution in [2.45, 2.75) is 32.2 Å². The number of nitrogens with one attached hydrogen (secondary N) is 1. The number of carboxylic acid groups (broad SMARTS) is 1. The monoisotopic (exact) mass is 267 g/mol. The summed E-state index contributed by atoms with van der Waals surface area (Å²) in [4.78, 5) is 23.1. The molecule has 1 unspecified atom stereocenters. The average Bonchev–Trinajstić information content (AvgIpc) is 2.85. The fourth-order valence-corrected chi connectivity index (χ4v) is 2.34. The molecule has 1 atom stereocenters. The molecule has 1 aromatic rings. The minimum Gasteiger partial charge on any atom is -0.481 e. The molecule has 6 nitrogen and oxygen atoms in total. The standard InChI is InChI=1S/C13H17NO5/c1-8-5-10(9(2)19-8)12(17)14-13(6-11(15)16)3-4-18-7-13/h5H,3-4,6-7H2,1-2H3,(H,14,17)(H,15,16). The van der Waals surface area contributed by atoms with Gasteiger partial charge < -0.3 is 19.6 Å². The average molecular weight is 267 g/mol. The zero-order chi connectivity index (χ0) is 14.0. The number of hydrogen-bond donors (Lipinski definition) is 2. The number of furan rings is 1. The Balaban J connectivity index is 2.15. The van der Waals surface area contributed by atoms with E-state index in [-0.39, 0.29) is 18.9 Å².